The molecular weight excluding hydrogens is 426 g/mol. The van der Waals surface area contributed by atoms with Crippen LogP contribution >= 0.6 is 11.8 Å². The van der Waals surface area contributed by atoms with Crippen molar-refractivity contribution in [2.75, 3.05) is 12.4 Å². The van der Waals surface area contributed by atoms with Gasteiger partial charge in [-0.25, -0.2) is 0 Å². The first-order valence-electron chi connectivity index (χ1n) is 11.1. The minimum Gasteiger partial charge on any atom is -0.483 e. The molecule has 1 fully saturated rings. The van der Waals surface area contributed by atoms with Crippen LogP contribution in [0.15, 0.2) is 23.4 Å². The lowest BCUT2D eigenvalue weighted by atomic mass is 9.86. The van der Waals surface area contributed by atoms with Crippen LogP contribution in [0.1, 0.15) is 49.6 Å². The summed E-state index contributed by atoms with van der Waals surface area (Å²) in [6.07, 6.45) is 4.65. The van der Waals surface area contributed by atoms with Gasteiger partial charge in [0, 0.05) is 13.1 Å². The quantitative estimate of drug-likeness (QED) is 0.560. The number of hydrogen-bond acceptors (Lipinski definition) is 6. The van der Waals surface area contributed by atoms with Gasteiger partial charge in [0.25, 0.3) is 5.91 Å². The average Bonchev–Trinajstić information content (AvgIpc) is 3.11. The molecule has 1 aliphatic rings. The lowest BCUT2D eigenvalue weighted by Crippen LogP contribution is -2.41. The van der Waals surface area contributed by atoms with Crippen molar-refractivity contribution in [3.63, 3.8) is 0 Å². The van der Waals surface area contributed by atoms with Crippen LogP contribution in [0, 0.1) is 19.8 Å². The molecule has 9 heteroatoms. The van der Waals surface area contributed by atoms with Crippen molar-refractivity contribution in [1.82, 2.24) is 25.4 Å². The first kappa shape index (κ1) is 24.1. The fraction of sp³-hybridized carbons (Fsp3) is 0.565. The van der Waals surface area contributed by atoms with Crippen molar-refractivity contribution in [2.24, 2.45) is 13.0 Å². The summed E-state index contributed by atoms with van der Waals surface area (Å²) in [7, 11) is 1.83. The first-order valence-corrected chi connectivity index (χ1v) is 12.1. The molecule has 8 nitrogen and oxygen atoms in total. The highest BCUT2D eigenvalue weighted by atomic mass is 32.2. The molecule has 1 heterocycles. The lowest BCUT2D eigenvalue weighted by molar-refractivity contribution is -0.123. The van der Waals surface area contributed by atoms with E-state index in [4.69, 9.17) is 4.74 Å². The molecule has 2 atom stereocenters. The minimum atomic E-state index is -0.231. The number of nitrogens with zero attached hydrogens (tertiary/aromatic N) is 3. The van der Waals surface area contributed by atoms with Gasteiger partial charge in [-0.15, -0.1) is 10.2 Å². The van der Waals surface area contributed by atoms with Gasteiger partial charge in [-0.1, -0.05) is 49.7 Å². The zero-order valence-corrected chi connectivity index (χ0v) is 20.1. The molecule has 3 rings (SSSR count). The van der Waals surface area contributed by atoms with E-state index in [0.29, 0.717) is 22.7 Å². The second-order valence-electron chi connectivity index (χ2n) is 8.47. The van der Waals surface area contributed by atoms with Gasteiger partial charge in [-0.2, -0.15) is 0 Å². The summed E-state index contributed by atoms with van der Waals surface area (Å²) >= 11 is 1.35. The van der Waals surface area contributed by atoms with Crippen LogP contribution in [0.4, 0.5) is 0 Å². The van der Waals surface area contributed by atoms with Crippen molar-refractivity contribution in [1.29, 1.82) is 0 Å². The predicted molar refractivity (Wildman–Crippen MR) is 125 cm³/mol. The summed E-state index contributed by atoms with van der Waals surface area (Å²) in [5.74, 6) is 1.98. The number of benzene rings is 1. The predicted octanol–water partition coefficient (Wildman–Crippen LogP) is 2.91. The molecule has 174 valence electrons. The number of nitrogens with one attached hydrogen (secondary N) is 2. The van der Waals surface area contributed by atoms with Crippen LogP contribution in [0.5, 0.6) is 5.75 Å². The highest BCUT2D eigenvalue weighted by Gasteiger charge is 2.23. The Kier molecular flexibility index (Phi) is 8.55. The Morgan fingerprint density at radius 2 is 1.88 bits per heavy atom. The van der Waals surface area contributed by atoms with Crippen molar-refractivity contribution in [3.8, 4) is 5.75 Å². The number of aromatic nitrogens is 3. The van der Waals surface area contributed by atoms with Crippen LogP contribution in [-0.2, 0) is 23.2 Å². The molecule has 0 aliphatic heterocycles. The largest absolute Gasteiger partial charge is 0.483 e. The minimum absolute atomic E-state index is 0.0234. The molecule has 0 radical (unpaired) electrons. The Balaban J connectivity index is 1.43. The summed E-state index contributed by atoms with van der Waals surface area (Å²) in [5, 5.41) is 14.9. The second kappa shape index (κ2) is 11.4. The van der Waals surface area contributed by atoms with Gasteiger partial charge in [0.05, 0.1) is 12.3 Å². The molecule has 1 saturated carbocycles. The normalized spacial score (nSPS) is 18.2. The molecule has 0 bridgehead atoms. The number of hydrogen-bond donors (Lipinski definition) is 2. The molecule has 2 amide bonds. The molecule has 0 spiro atoms. The summed E-state index contributed by atoms with van der Waals surface area (Å²) in [5.41, 5.74) is 1.99. The van der Waals surface area contributed by atoms with Gasteiger partial charge >= 0.3 is 0 Å². The second-order valence-corrected chi connectivity index (χ2v) is 9.41. The van der Waals surface area contributed by atoms with Crippen LogP contribution in [0.3, 0.4) is 0 Å². The number of rotatable bonds is 9. The van der Waals surface area contributed by atoms with Gasteiger partial charge in [0.2, 0.25) is 5.91 Å². The third kappa shape index (κ3) is 6.48. The number of thioether (sulfide) groups is 1. The summed E-state index contributed by atoms with van der Waals surface area (Å²) < 4.78 is 7.48. The van der Waals surface area contributed by atoms with E-state index in [2.05, 4.69) is 27.8 Å². The molecule has 1 aromatic heterocycles. The summed E-state index contributed by atoms with van der Waals surface area (Å²) in [6, 6.07) is 6.14. The van der Waals surface area contributed by atoms with Crippen LogP contribution < -0.4 is 15.4 Å². The molecule has 0 unspecified atom stereocenters. The van der Waals surface area contributed by atoms with Crippen LogP contribution in [-0.4, -0.2) is 45.0 Å². The molecule has 2 N–H and O–H groups in total. The Morgan fingerprint density at radius 1 is 1.16 bits per heavy atom. The number of aryl methyl sites for hydroxylation is 2. The van der Waals surface area contributed by atoms with Gasteiger partial charge < -0.3 is 19.9 Å². The monoisotopic (exact) mass is 459 g/mol. The number of carbonyl (C=O) groups excluding carboxylic acids is 2. The lowest BCUT2D eigenvalue weighted by Gasteiger charge is -2.29. The van der Waals surface area contributed by atoms with Crippen molar-refractivity contribution in [3.05, 3.63) is 35.2 Å². The Labute approximate surface area is 193 Å². The number of para-hydroxylation sites is 1. The van der Waals surface area contributed by atoms with E-state index in [1.165, 1.54) is 31.0 Å². The topological polar surface area (TPSA) is 98.1 Å². The maximum Gasteiger partial charge on any atom is 0.258 e. The molecule has 1 aromatic carbocycles. The standard InChI is InChI=1S/C23H33N5O3S/c1-15-8-5-6-11-18(15)25-21(30)14-32-23-27-26-19(28(23)4)12-24-20(29)13-31-22-16(2)9-7-10-17(22)3/h7,9-10,15,18H,5-6,8,11-14H2,1-4H3,(H,24,29)(H,25,30)/t15-,18-/m1/s1. The summed E-state index contributed by atoms with van der Waals surface area (Å²) in [6.45, 7) is 6.29. The zero-order valence-electron chi connectivity index (χ0n) is 19.3. The van der Waals surface area contributed by atoms with Crippen molar-refractivity contribution < 1.29 is 14.3 Å². The van der Waals surface area contributed by atoms with E-state index in [-0.39, 0.29) is 31.0 Å². The van der Waals surface area contributed by atoms with Crippen molar-refractivity contribution in [2.45, 2.75) is 64.2 Å². The Morgan fingerprint density at radius 3 is 2.59 bits per heavy atom. The first-order chi connectivity index (χ1) is 15.3. The van der Waals surface area contributed by atoms with E-state index in [1.807, 2.05) is 39.1 Å². The third-order valence-corrected chi connectivity index (χ3v) is 6.94. The summed E-state index contributed by atoms with van der Waals surface area (Å²) in [4.78, 5) is 24.5. The van der Waals surface area contributed by atoms with E-state index in [1.54, 1.807) is 4.57 Å². The fourth-order valence-electron chi connectivity index (χ4n) is 3.93. The highest BCUT2D eigenvalue weighted by molar-refractivity contribution is 7.99. The van der Waals surface area contributed by atoms with Crippen LogP contribution in [0.25, 0.3) is 0 Å². The zero-order chi connectivity index (χ0) is 23.1. The maximum absolute atomic E-state index is 12.3. The highest BCUT2D eigenvalue weighted by Crippen LogP contribution is 2.24. The van der Waals surface area contributed by atoms with Gasteiger partial charge in [0.1, 0.15) is 5.75 Å². The Bertz CT molecular complexity index is 925. The average molecular weight is 460 g/mol. The maximum atomic E-state index is 12.3. The molecule has 0 saturated heterocycles. The SMILES string of the molecule is Cc1cccc(C)c1OCC(=O)NCc1nnc(SCC(=O)N[C@@H]2CCCC[C@H]2C)n1C. The van der Waals surface area contributed by atoms with Gasteiger partial charge in [-0.05, 0) is 43.7 Å². The van der Waals surface area contributed by atoms with Gasteiger partial charge in [-0.3, -0.25) is 9.59 Å². The third-order valence-electron chi connectivity index (χ3n) is 5.92. The smallest absolute Gasteiger partial charge is 0.258 e. The molecule has 1 aliphatic carbocycles. The number of amides is 2. The van der Waals surface area contributed by atoms with Gasteiger partial charge in [0.15, 0.2) is 17.6 Å². The molecule has 32 heavy (non-hydrogen) atoms. The van der Waals surface area contributed by atoms with E-state index in [9.17, 15) is 9.59 Å². The Hall–Kier alpha value is -2.55. The molecule has 2 aromatic rings. The number of carbonyl (C=O) groups is 2. The van der Waals surface area contributed by atoms with Crippen molar-refractivity contribution >= 4 is 23.6 Å². The van der Waals surface area contributed by atoms with Crippen LogP contribution in [0.2, 0.25) is 0 Å². The number of ether oxygens (including phenoxy) is 1. The van der Waals surface area contributed by atoms with E-state index < -0.39 is 0 Å². The van der Waals surface area contributed by atoms with E-state index >= 15 is 0 Å². The molecular formula is C23H33N5O3S. The fourth-order valence-corrected chi connectivity index (χ4v) is 4.67. The van der Waals surface area contributed by atoms with E-state index in [0.717, 1.165) is 23.3 Å².